The molecule has 1 aromatic heterocycles. The number of rotatable bonds is 4. The number of nitrogens with zero attached hydrogens (tertiary/aromatic N) is 1. The summed E-state index contributed by atoms with van der Waals surface area (Å²) in [7, 11) is 0. The fourth-order valence-electron chi connectivity index (χ4n) is 3.08. The molecule has 1 aromatic carbocycles. The van der Waals surface area contributed by atoms with Crippen LogP contribution in [0.1, 0.15) is 36.1 Å². The van der Waals surface area contributed by atoms with E-state index >= 15 is 0 Å². The lowest BCUT2D eigenvalue weighted by molar-refractivity contribution is -0.123. The molecule has 2 heterocycles. The highest BCUT2D eigenvalue weighted by molar-refractivity contribution is 7.07. The van der Waals surface area contributed by atoms with Crippen LogP contribution in [0.3, 0.4) is 0 Å². The third kappa shape index (κ3) is 2.49. The summed E-state index contributed by atoms with van der Waals surface area (Å²) in [6.07, 6.45) is 2.20. The molecule has 0 saturated carbocycles. The lowest BCUT2D eigenvalue weighted by Gasteiger charge is -2.31. The van der Waals surface area contributed by atoms with E-state index in [4.69, 9.17) is 5.73 Å². The van der Waals surface area contributed by atoms with Crippen molar-refractivity contribution >= 4 is 17.2 Å². The number of carbonyl (C=O) groups is 1. The van der Waals surface area contributed by atoms with E-state index in [0.29, 0.717) is 6.04 Å². The van der Waals surface area contributed by atoms with Crippen LogP contribution in [0.25, 0.3) is 0 Å². The minimum Gasteiger partial charge on any atom is -0.368 e. The SMILES string of the molecule is NC(=O)[C@H](c1ccccc1)N1CCC[C@@H]1c1ccsc1. The zero-order valence-corrected chi connectivity index (χ0v) is 12.1. The molecule has 104 valence electrons. The number of carbonyl (C=O) groups excluding carboxylic acids is 1. The highest BCUT2D eigenvalue weighted by atomic mass is 32.1. The summed E-state index contributed by atoms with van der Waals surface area (Å²) >= 11 is 1.70. The topological polar surface area (TPSA) is 46.3 Å². The number of benzene rings is 1. The van der Waals surface area contributed by atoms with Gasteiger partial charge < -0.3 is 5.73 Å². The number of hydrogen-bond donors (Lipinski definition) is 1. The van der Waals surface area contributed by atoms with Gasteiger partial charge in [-0.05, 0) is 47.3 Å². The van der Waals surface area contributed by atoms with Crippen molar-refractivity contribution in [2.45, 2.75) is 24.9 Å². The van der Waals surface area contributed by atoms with Gasteiger partial charge in [-0.2, -0.15) is 11.3 Å². The second kappa shape index (κ2) is 5.77. The summed E-state index contributed by atoms with van der Waals surface area (Å²) in [6, 6.07) is 12.0. The standard InChI is InChI=1S/C16H18N2OS/c17-16(19)15(12-5-2-1-3-6-12)18-9-4-7-14(18)13-8-10-20-11-13/h1-3,5-6,8,10-11,14-15H,4,7,9H2,(H2,17,19)/t14-,15+/m1/s1. The Balaban J connectivity index is 1.93. The summed E-state index contributed by atoms with van der Waals surface area (Å²) in [5.41, 5.74) is 7.97. The molecule has 0 bridgehead atoms. The summed E-state index contributed by atoms with van der Waals surface area (Å²) < 4.78 is 0. The number of likely N-dealkylation sites (tertiary alicyclic amines) is 1. The fourth-order valence-corrected chi connectivity index (χ4v) is 3.78. The van der Waals surface area contributed by atoms with Crippen LogP contribution in [0.2, 0.25) is 0 Å². The fraction of sp³-hybridized carbons (Fsp3) is 0.312. The molecule has 0 unspecified atom stereocenters. The van der Waals surface area contributed by atoms with E-state index in [2.05, 4.69) is 21.7 Å². The third-order valence-electron chi connectivity index (χ3n) is 3.94. The van der Waals surface area contributed by atoms with E-state index in [0.717, 1.165) is 24.9 Å². The number of nitrogens with two attached hydrogens (primary N) is 1. The molecule has 1 saturated heterocycles. The molecule has 1 amide bonds. The van der Waals surface area contributed by atoms with Gasteiger partial charge >= 0.3 is 0 Å². The van der Waals surface area contributed by atoms with Gasteiger partial charge in [0.25, 0.3) is 0 Å². The first-order valence-electron chi connectivity index (χ1n) is 6.89. The summed E-state index contributed by atoms with van der Waals surface area (Å²) in [5.74, 6) is -0.265. The van der Waals surface area contributed by atoms with E-state index in [1.165, 1.54) is 5.56 Å². The van der Waals surface area contributed by atoms with Crippen molar-refractivity contribution in [3.05, 3.63) is 58.3 Å². The molecular formula is C16H18N2OS. The number of amides is 1. The van der Waals surface area contributed by atoms with Gasteiger partial charge in [0, 0.05) is 6.04 Å². The van der Waals surface area contributed by atoms with Gasteiger partial charge in [0.15, 0.2) is 0 Å². The van der Waals surface area contributed by atoms with Gasteiger partial charge in [-0.15, -0.1) is 0 Å². The molecule has 4 heteroatoms. The van der Waals surface area contributed by atoms with Gasteiger partial charge in [-0.25, -0.2) is 0 Å². The smallest absolute Gasteiger partial charge is 0.239 e. The molecule has 2 atom stereocenters. The molecule has 0 radical (unpaired) electrons. The van der Waals surface area contributed by atoms with E-state index in [1.54, 1.807) is 11.3 Å². The molecule has 2 N–H and O–H groups in total. The molecule has 3 nitrogen and oxygen atoms in total. The molecule has 1 aliphatic heterocycles. The lowest BCUT2D eigenvalue weighted by Crippen LogP contribution is -2.37. The normalized spacial score (nSPS) is 20.9. The molecule has 20 heavy (non-hydrogen) atoms. The van der Waals surface area contributed by atoms with Crippen molar-refractivity contribution in [2.75, 3.05) is 6.54 Å². The Morgan fingerprint density at radius 3 is 2.75 bits per heavy atom. The van der Waals surface area contributed by atoms with E-state index in [1.807, 2.05) is 30.3 Å². The Bertz CT molecular complexity index is 567. The van der Waals surface area contributed by atoms with Gasteiger partial charge in [0.1, 0.15) is 6.04 Å². The van der Waals surface area contributed by atoms with Crippen molar-refractivity contribution in [3.63, 3.8) is 0 Å². The summed E-state index contributed by atoms with van der Waals surface area (Å²) in [5, 5.41) is 4.26. The molecule has 1 aliphatic rings. The minimum absolute atomic E-state index is 0.265. The zero-order chi connectivity index (χ0) is 13.9. The Morgan fingerprint density at radius 1 is 1.30 bits per heavy atom. The van der Waals surface area contributed by atoms with Gasteiger partial charge in [-0.3, -0.25) is 9.69 Å². The Kier molecular flexibility index (Phi) is 3.85. The maximum absolute atomic E-state index is 12.0. The highest BCUT2D eigenvalue weighted by Gasteiger charge is 2.35. The van der Waals surface area contributed by atoms with Crippen LogP contribution in [-0.2, 0) is 4.79 Å². The molecule has 0 aliphatic carbocycles. The van der Waals surface area contributed by atoms with Crippen LogP contribution in [0.5, 0.6) is 0 Å². The number of primary amides is 1. The van der Waals surface area contributed by atoms with Crippen LogP contribution in [-0.4, -0.2) is 17.4 Å². The predicted octanol–water partition coefficient (Wildman–Crippen LogP) is 3.11. The van der Waals surface area contributed by atoms with Gasteiger partial charge in [0.2, 0.25) is 5.91 Å². The van der Waals surface area contributed by atoms with Crippen molar-refractivity contribution in [1.29, 1.82) is 0 Å². The molecular weight excluding hydrogens is 268 g/mol. The number of hydrogen-bond acceptors (Lipinski definition) is 3. The average Bonchev–Trinajstić information content (AvgIpc) is 3.09. The Morgan fingerprint density at radius 2 is 2.10 bits per heavy atom. The largest absolute Gasteiger partial charge is 0.368 e. The van der Waals surface area contributed by atoms with Crippen LogP contribution in [0.4, 0.5) is 0 Å². The van der Waals surface area contributed by atoms with Crippen LogP contribution < -0.4 is 5.73 Å². The van der Waals surface area contributed by atoms with E-state index in [9.17, 15) is 4.79 Å². The molecule has 0 spiro atoms. The molecule has 1 fully saturated rings. The lowest BCUT2D eigenvalue weighted by atomic mass is 10.0. The van der Waals surface area contributed by atoms with Crippen molar-refractivity contribution in [3.8, 4) is 0 Å². The maximum Gasteiger partial charge on any atom is 0.239 e. The van der Waals surface area contributed by atoms with Crippen LogP contribution in [0.15, 0.2) is 47.2 Å². The Labute approximate surface area is 123 Å². The van der Waals surface area contributed by atoms with Gasteiger partial charge in [-0.1, -0.05) is 30.3 Å². The second-order valence-electron chi connectivity index (χ2n) is 5.17. The minimum atomic E-state index is -0.330. The third-order valence-corrected chi connectivity index (χ3v) is 4.64. The quantitative estimate of drug-likeness (QED) is 0.938. The maximum atomic E-state index is 12.0. The summed E-state index contributed by atoms with van der Waals surface area (Å²) in [6.45, 7) is 0.920. The second-order valence-corrected chi connectivity index (χ2v) is 5.95. The summed E-state index contributed by atoms with van der Waals surface area (Å²) in [4.78, 5) is 14.2. The zero-order valence-electron chi connectivity index (χ0n) is 11.2. The van der Waals surface area contributed by atoms with Gasteiger partial charge in [0.05, 0.1) is 0 Å². The van der Waals surface area contributed by atoms with Crippen LogP contribution in [0, 0.1) is 0 Å². The first-order chi connectivity index (χ1) is 9.77. The van der Waals surface area contributed by atoms with Crippen molar-refractivity contribution in [2.24, 2.45) is 5.73 Å². The predicted molar refractivity (Wildman–Crippen MR) is 81.4 cm³/mol. The highest BCUT2D eigenvalue weighted by Crippen LogP contribution is 2.39. The Hall–Kier alpha value is -1.65. The molecule has 2 aromatic rings. The first-order valence-corrected chi connectivity index (χ1v) is 7.84. The van der Waals surface area contributed by atoms with Crippen molar-refractivity contribution in [1.82, 2.24) is 4.90 Å². The van der Waals surface area contributed by atoms with Crippen molar-refractivity contribution < 1.29 is 4.79 Å². The van der Waals surface area contributed by atoms with E-state index in [-0.39, 0.29) is 11.9 Å². The van der Waals surface area contributed by atoms with Crippen LogP contribution >= 0.6 is 11.3 Å². The first kappa shape index (κ1) is 13.3. The monoisotopic (exact) mass is 286 g/mol. The average molecular weight is 286 g/mol. The molecule has 3 rings (SSSR count). The van der Waals surface area contributed by atoms with E-state index < -0.39 is 0 Å². The number of thiophene rings is 1.